The lowest BCUT2D eigenvalue weighted by molar-refractivity contribution is -0.387. The standard InChI is InChI=1S/C19H15FN4O4S/c1-10-3-2-4-15-17(10)21-19(29-15)22-18(26)11-7-16(25)23(9-11)12-5-6-13(20)14(8-12)24(27)28/h2-6,8,11H,7,9H2,1H3,(H,21,22,26). The van der Waals surface area contributed by atoms with Gasteiger partial charge in [0.05, 0.1) is 26.7 Å². The fraction of sp³-hybridized carbons (Fsp3) is 0.211. The third-order valence-electron chi connectivity index (χ3n) is 4.78. The first-order valence-electron chi connectivity index (χ1n) is 8.75. The number of anilines is 2. The van der Waals surface area contributed by atoms with Gasteiger partial charge in [0, 0.05) is 19.0 Å². The first-order valence-corrected chi connectivity index (χ1v) is 9.56. The summed E-state index contributed by atoms with van der Waals surface area (Å²) >= 11 is 1.35. The van der Waals surface area contributed by atoms with Gasteiger partial charge in [0.2, 0.25) is 17.6 Å². The number of hydrogen-bond acceptors (Lipinski definition) is 6. The zero-order valence-electron chi connectivity index (χ0n) is 15.2. The number of para-hydroxylation sites is 1. The molecular formula is C19H15FN4O4S. The van der Waals surface area contributed by atoms with E-state index in [-0.39, 0.29) is 30.5 Å². The number of benzene rings is 2. The molecule has 1 aliphatic heterocycles. The highest BCUT2D eigenvalue weighted by atomic mass is 32.1. The van der Waals surface area contributed by atoms with Crippen LogP contribution in [0, 0.1) is 28.8 Å². The molecule has 1 fully saturated rings. The Morgan fingerprint density at radius 3 is 2.90 bits per heavy atom. The molecule has 1 atom stereocenters. The van der Waals surface area contributed by atoms with Crippen molar-refractivity contribution in [2.45, 2.75) is 13.3 Å². The summed E-state index contributed by atoms with van der Waals surface area (Å²) in [5, 5.41) is 14.1. The lowest BCUT2D eigenvalue weighted by atomic mass is 10.1. The van der Waals surface area contributed by atoms with E-state index in [9.17, 15) is 24.1 Å². The van der Waals surface area contributed by atoms with Crippen molar-refractivity contribution >= 4 is 49.9 Å². The molecule has 1 unspecified atom stereocenters. The molecule has 3 aromatic rings. The van der Waals surface area contributed by atoms with Crippen LogP contribution in [0.4, 0.5) is 20.9 Å². The van der Waals surface area contributed by atoms with Gasteiger partial charge in [0.1, 0.15) is 0 Å². The smallest absolute Gasteiger partial charge is 0.306 e. The fourth-order valence-electron chi connectivity index (χ4n) is 3.29. The van der Waals surface area contributed by atoms with Crippen LogP contribution >= 0.6 is 11.3 Å². The van der Waals surface area contributed by atoms with Gasteiger partial charge in [-0.1, -0.05) is 23.5 Å². The van der Waals surface area contributed by atoms with E-state index in [1.54, 1.807) is 0 Å². The quantitative estimate of drug-likeness (QED) is 0.518. The number of amides is 2. The average molecular weight is 414 g/mol. The zero-order valence-corrected chi connectivity index (χ0v) is 16.0. The Bertz CT molecular complexity index is 1160. The molecule has 1 saturated heterocycles. The Labute approximate surface area is 168 Å². The average Bonchev–Trinajstić information content (AvgIpc) is 3.26. The Balaban J connectivity index is 1.51. The van der Waals surface area contributed by atoms with Crippen LogP contribution < -0.4 is 10.2 Å². The van der Waals surface area contributed by atoms with E-state index >= 15 is 0 Å². The second-order valence-corrected chi connectivity index (χ2v) is 7.76. The fourth-order valence-corrected chi connectivity index (χ4v) is 4.24. The lowest BCUT2D eigenvalue weighted by Crippen LogP contribution is -2.28. The molecule has 10 heteroatoms. The van der Waals surface area contributed by atoms with Crippen LogP contribution in [0.2, 0.25) is 0 Å². The number of thiazole rings is 1. The van der Waals surface area contributed by atoms with Crippen molar-refractivity contribution in [1.82, 2.24) is 4.98 Å². The summed E-state index contributed by atoms with van der Waals surface area (Å²) in [5.74, 6) is -2.33. The summed E-state index contributed by atoms with van der Waals surface area (Å²) in [7, 11) is 0. The van der Waals surface area contributed by atoms with Crippen LogP contribution in [0.3, 0.4) is 0 Å². The number of aromatic nitrogens is 1. The van der Waals surface area contributed by atoms with Crippen molar-refractivity contribution in [1.29, 1.82) is 0 Å². The summed E-state index contributed by atoms with van der Waals surface area (Å²) in [6.45, 7) is 1.99. The maximum absolute atomic E-state index is 13.6. The molecule has 8 nitrogen and oxygen atoms in total. The van der Waals surface area contributed by atoms with Crippen LogP contribution in [0.15, 0.2) is 36.4 Å². The zero-order chi connectivity index (χ0) is 20.7. The number of hydrogen-bond donors (Lipinski definition) is 1. The molecule has 0 bridgehead atoms. The van der Waals surface area contributed by atoms with Gasteiger partial charge in [-0.3, -0.25) is 19.7 Å². The number of nitrogens with zero attached hydrogens (tertiary/aromatic N) is 3. The number of rotatable bonds is 4. The summed E-state index contributed by atoms with van der Waals surface area (Å²) in [4.78, 5) is 40.8. The van der Waals surface area contributed by atoms with Crippen LogP contribution in [-0.2, 0) is 9.59 Å². The van der Waals surface area contributed by atoms with E-state index in [4.69, 9.17) is 0 Å². The normalized spacial score (nSPS) is 16.4. The minimum Gasteiger partial charge on any atom is -0.311 e. The summed E-state index contributed by atoms with van der Waals surface area (Å²) < 4.78 is 14.5. The van der Waals surface area contributed by atoms with Gasteiger partial charge in [0.15, 0.2) is 5.13 Å². The van der Waals surface area contributed by atoms with Crippen molar-refractivity contribution in [3.8, 4) is 0 Å². The lowest BCUT2D eigenvalue weighted by Gasteiger charge is -2.16. The van der Waals surface area contributed by atoms with Crippen molar-refractivity contribution in [2.24, 2.45) is 5.92 Å². The molecule has 0 aliphatic carbocycles. The highest BCUT2D eigenvalue weighted by Gasteiger charge is 2.36. The van der Waals surface area contributed by atoms with E-state index in [1.807, 2.05) is 25.1 Å². The Kier molecular flexibility index (Phi) is 4.71. The second-order valence-electron chi connectivity index (χ2n) is 6.73. The Hall–Kier alpha value is -3.40. The minimum absolute atomic E-state index is 0.0407. The molecule has 29 heavy (non-hydrogen) atoms. The van der Waals surface area contributed by atoms with Gasteiger partial charge in [-0.25, -0.2) is 4.98 Å². The number of nitro benzene ring substituents is 1. The highest BCUT2D eigenvalue weighted by molar-refractivity contribution is 7.22. The van der Waals surface area contributed by atoms with Gasteiger partial charge in [-0.15, -0.1) is 0 Å². The number of carbonyl (C=O) groups is 2. The van der Waals surface area contributed by atoms with E-state index < -0.39 is 22.3 Å². The van der Waals surface area contributed by atoms with Crippen LogP contribution in [0.1, 0.15) is 12.0 Å². The van der Waals surface area contributed by atoms with Crippen molar-refractivity contribution in [3.05, 3.63) is 57.9 Å². The molecule has 0 saturated carbocycles. The monoisotopic (exact) mass is 414 g/mol. The molecule has 2 aromatic carbocycles. The molecule has 1 N–H and O–H groups in total. The van der Waals surface area contributed by atoms with E-state index in [0.29, 0.717) is 5.13 Å². The molecule has 0 spiro atoms. The van der Waals surface area contributed by atoms with Crippen molar-refractivity contribution < 1.29 is 18.9 Å². The molecule has 148 valence electrons. The number of aryl methyl sites for hydroxylation is 1. The van der Waals surface area contributed by atoms with Crippen LogP contribution in [-0.4, -0.2) is 28.3 Å². The van der Waals surface area contributed by atoms with E-state index in [2.05, 4.69) is 10.3 Å². The van der Waals surface area contributed by atoms with Gasteiger partial charge < -0.3 is 10.2 Å². The predicted molar refractivity (Wildman–Crippen MR) is 107 cm³/mol. The maximum Gasteiger partial charge on any atom is 0.306 e. The molecule has 1 aliphatic rings. The molecule has 2 amide bonds. The topological polar surface area (TPSA) is 105 Å². The van der Waals surface area contributed by atoms with Gasteiger partial charge >= 0.3 is 5.69 Å². The number of nitro groups is 1. The molecular weight excluding hydrogens is 399 g/mol. The largest absolute Gasteiger partial charge is 0.311 e. The van der Waals surface area contributed by atoms with E-state index in [0.717, 1.165) is 27.9 Å². The number of nitrogens with one attached hydrogen (secondary N) is 1. The SMILES string of the molecule is Cc1cccc2sc(NC(=O)C3CC(=O)N(c4ccc(F)c([N+](=O)[O-])c4)C3)nc12. The number of fused-ring (bicyclic) bond motifs is 1. The first-order chi connectivity index (χ1) is 13.8. The molecule has 2 heterocycles. The Morgan fingerprint density at radius 2 is 2.17 bits per heavy atom. The molecule has 0 radical (unpaired) electrons. The highest BCUT2D eigenvalue weighted by Crippen LogP contribution is 2.31. The molecule has 1 aromatic heterocycles. The van der Waals surface area contributed by atoms with E-state index in [1.165, 1.54) is 22.3 Å². The van der Waals surface area contributed by atoms with Crippen LogP contribution in [0.5, 0.6) is 0 Å². The third kappa shape index (κ3) is 3.54. The number of carbonyl (C=O) groups excluding carboxylic acids is 2. The summed E-state index contributed by atoms with van der Waals surface area (Å²) in [6.07, 6.45) is -0.0407. The number of halogens is 1. The van der Waals surface area contributed by atoms with Crippen molar-refractivity contribution in [3.63, 3.8) is 0 Å². The summed E-state index contributed by atoms with van der Waals surface area (Å²) in [6, 6.07) is 9.00. The van der Waals surface area contributed by atoms with Crippen molar-refractivity contribution in [2.75, 3.05) is 16.8 Å². The van der Waals surface area contributed by atoms with Gasteiger partial charge in [0.25, 0.3) is 0 Å². The predicted octanol–water partition coefficient (Wildman–Crippen LogP) is 3.64. The van der Waals surface area contributed by atoms with Gasteiger partial charge in [-0.05, 0) is 30.7 Å². The van der Waals surface area contributed by atoms with Crippen LogP contribution in [0.25, 0.3) is 10.2 Å². The first kappa shape index (κ1) is 18.9. The minimum atomic E-state index is -0.981. The van der Waals surface area contributed by atoms with Gasteiger partial charge in [-0.2, -0.15) is 4.39 Å². The Morgan fingerprint density at radius 1 is 1.38 bits per heavy atom. The third-order valence-corrected chi connectivity index (χ3v) is 5.72. The molecule has 4 rings (SSSR count). The second kappa shape index (κ2) is 7.21. The summed E-state index contributed by atoms with van der Waals surface area (Å²) in [5.41, 5.74) is 1.29. The maximum atomic E-state index is 13.6.